The van der Waals surface area contributed by atoms with Crippen molar-refractivity contribution in [3.63, 3.8) is 0 Å². The van der Waals surface area contributed by atoms with Crippen LogP contribution >= 0.6 is 0 Å². The van der Waals surface area contributed by atoms with E-state index < -0.39 is 0 Å². The largest absolute Gasteiger partial charge is 0.264 e. The van der Waals surface area contributed by atoms with Gasteiger partial charge < -0.3 is 0 Å². The molecule has 0 saturated carbocycles. The lowest BCUT2D eigenvalue weighted by Crippen LogP contribution is -1.99. The highest BCUT2D eigenvalue weighted by Crippen LogP contribution is 2.32. The lowest BCUT2D eigenvalue weighted by Gasteiger charge is -2.16. The Balaban J connectivity index is 2.07. The van der Waals surface area contributed by atoms with Crippen LogP contribution in [-0.2, 0) is 0 Å². The van der Waals surface area contributed by atoms with Gasteiger partial charge in [0.1, 0.15) is 0 Å². The van der Waals surface area contributed by atoms with Crippen molar-refractivity contribution in [1.82, 2.24) is 4.98 Å². The van der Waals surface area contributed by atoms with E-state index >= 15 is 0 Å². The van der Waals surface area contributed by atoms with Crippen molar-refractivity contribution in [2.75, 3.05) is 0 Å². The molecule has 1 nitrogen and oxygen atoms in total. The predicted molar refractivity (Wildman–Crippen MR) is 83.6 cm³/mol. The van der Waals surface area contributed by atoms with Gasteiger partial charge in [0.25, 0.3) is 0 Å². The molecule has 0 aliphatic carbocycles. The van der Waals surface area contributed by atoms with Crippen LogP contribution < -0.4 is 0 Å². The van der Waals surface area contributed by atoms with E-state index in [9.17, 15) is 0 Å². The van der Waals surface area contributed by atoms with Crippen LogP contribution in [0.5, 0.6) is 0 Å². The van der Waals surface area contributed by atoms with Crippen molar-refractivity contribution < 1.29 is 0 Å². The van der Waals surface area contributed by atoms with E-state index in [1.807, 2.05) is 18.5 Å². The SMILES string of the molecule is CC(c1cccnc1)c1ccccc1-c1ccccc1. The topological polar surface area (TPSA) is 12.9 Å². The van der Waals surface area contributed by atoms with Crippen molar-refractivity contribution in [1.29, 1.82) is 0 Å². The Morgan fingerprint density at radius 2 is 1.55 bits per heavy atom. The number of nitrogens with zero attached hydrogens (tertiary/aromatic N) is 1. The Kier molecular flexibility index (Phi) is 3.60. The van der Waals surface area contributed by atoms with Gasteiger partial charge in [-0.25, -0.2) is 0 Å². The molecule has 20 heavy (non-hydrogen) atoms. The van der Waals surface area contributed by atoms with Crippen LogP contribution in [0.1, 0.15) is 24.0 Å². The third-order valence-corrected chi connectivity index (χ3v) is 3.70. The van der Waals surface area contributed by atoms with E-state index in [0.717, 1.165) is 0 Å². The van der Waals surface area contributed by atoms with Gasteiger partial charge in [0.05, 0.1) is 0 Å². The molecule has 1 unspecified atom stereocenters. The van der Waals surface area contributed by atoms with Crippen LogP contribution in [0.4, 0.5) is 0 Å². The van der Waals surface area contributed by atoms with Gasteiger partial charge in [-0.2, -0.15) is 0 Å². The number of hydrogen-bond acceptors (Lipinski definition) is 1. The lowest BCUT2D eigenvalue weighted by molar-refractivity contribution is 0.914. The molecule has 2 aromatic carbocycles. The standard InChI is InChI=1S/C19H17N/c1-15(17-10-7-13-20-14-17)18-11-5-6-12-19(18)16-8-3-2-4-9-16/h2-15H,1H3. The summed E-state index contributed by atoms with van der Waals surface area (Å²) in [6.07, 6.45) is 3.77. The molecule has 1 atom stereocenters. The molecule has 1 heterocycles. The predicted octanol–water partition coefficient (Wildman–Crippen LogP) is 4.90. The Labute approximate surface area is 119 Å². The minimum atomic E-state index is 0.333. The molecule has 1 aromatic heterocycles. The van der Waals surface area contributed by atoms with Crippen molar-refractivity contribution in [3.8, 4) is 11.1 Å². The van der Waals surface area contributed by atoms with Crippen LogP contribution in [0.15, 0.2) is 79.1 Å². The van der Waals surface area contributed by atoms with Crippen molar-refractivity contribution >= 4 is 0 Å². The minimum absolute atomic E-state index is 0.333. The Morgan fingerprint density at radius 1 is 0.800 bits per heavy atom. The summed E-state index contributed by atoms with van der Waals surface area (Å²) >= 11 is 0. The van der Waals surface area contributed by atoms with E-state index in [1.54, 1.807) is 0 Å². The number of pyridine rings is 1. The molecule has 98 valence electrons. The van der Waals surface area contributed by atoms with E-state index in [0.29, 0.717) is 5.92 Å². The minimum Gasteiger partial charge on any atom is -0.264 e. The Hall–Kier alpha value is -2.41. The molecule has 0 N–H and O–H groups in total. The molecule has 3 aromatic rings. The zero-order valence-corrected chi connectivity index (χ0v) is 11.5. The molecular formula is C19H17N. The molecule has 0 aliphatic rings. The summed E-state index contributed by atoms with van der Waals surface area (Å²) in [4.78, 5) is 4.23. The fraction of sp³-hybridized carbons (Fsp3) is 0.105. The zero-order valence-electron chi connectivity index (χ0n) is 11.5. The van der Waals surface area contributed by atoms with E-state index in [1.165, 1.54) is 22.3 Å². The maximum absolute atomic E-state index is 4.23. The first-order chi connectivity index (χ1) is 9.86. The maximum Gasteiger partial charge on any atom is 0.0305 e. The molecule has 0 fully saturated rings. The van der Waals surface area contributed by atoms with E-state index in [-0.39, 0.29) is 0 Å². The number of rotatable bonds is 3. The first kappa shape index (κ1) is 12.6. The normalized spacial score (nSPS) is 12.1. The Bertz CT molecular complexity index is 674. The highest BCUT2D eigenvalue weighted by atomic mass is 14.6. The summed E-state index contributed by atoms with van der Waals surface area (Å²) in [6.45, 7) is 2.23. The summed E-state index contributed by atoms with van der Waals surface area (Å²) in [5, 5.41) is 0. The van der Waals surface area contributed by atoms with Crippen LogP contribution in [0.2, 0.25) is 0 Å². The second-order valence-electron chi connectivity index (χ2n) is 4.96. The molecule has 0 radical (unpaired) electrons. The van der Waals surface area contributed by atoms with Gasteiger partial charge in [0.15, 0.2) is 0 Å². The lowest BCUT2D eigenvalue weighted by atomic mass is 9.88. The molecule has 3 rings (SSSR count). The third-order valence-electron chi connectivity index (χ3n) is 3.70. The smallest absolute Gasteiger partial charge is 0.0305 e. The van der Waals surface area contributed by atoms with Gasteiger partial charge in [-0.05, 0) is 28.3 Å². The van der Waals surface area contributed by atoms with Crippen LogP contribution in [0, 0.1) is 0 Å². The second kappa shape index (κ2) is 5.70. The van der Waals surface area contributed by atoms with Gasteiger partial charge in [0, 0.05) is 18.3 Å². The third kappa shape index (κ3) is 2.48. The Morgan fingerprint density at radius 3 is 2.30 bits per heavy atom. The van der Waals surface area contributed by atoms with Gasteiger partial charge >= 0.3 is 0 Å². The molecule has 0 amide bonds. The summed E-state index contributed by atoms with van der Waals surface area (Å²) in [6, 6.07) is 23.3. The van der Waals surface area contributed by atoms with Gasteiger partial charge in [-0.15, -0.1) is 0 Å². The van der Waals surface area contributed by atoms with E-state index in [2.05, 4.69) is 72.6 Å². The van der Waals surface area contributed by atoms with Crippen LogP contribution in [-0.4, -0.2) is 4.98 Å². The van der Waals surface area contributed by atoms with Crippen LogP contribution in [0.3, 0.4) is 0 Å². The molecule has 0 spiro atoms. The fourth-order valence-corrected chi connectivity index (χ4v) is 2.57. The molecular weight excluding hydrogens is 242 g/mol. The molecule has 0 bridgehead atoms. The van der Waals surface area contributed by atoms with Gasteiger partial charge in [-0.3, -0.25) is 4.98 Å². The van der Waals surface area contributed by atoms with Crippen LogP contribution in [0.25, 0.3) is 11.1 Å². The average Bonchev–Trinajstić information content (AvgIpc) is 2.56. The summed E-state index contributed by atoms with van der Waals surface area (Å²) in [5.41, 5.74) is 5.14. The highest BCUT2D eigenvalue weighted by molar-refractivity contribution is 5.68. The second-order valence-corrected chi connectivity index (χ2v) is 4.96. The van der Waals surface area contributed by atoms with Gasteiger partial charge in [-0.1, -0.05) is 67.6 Å². The van der Waals surface area contributed by atoms with E-state index in [4.69, 9.17) is 0 Å². The number of aromatic nitrogens is 1. The highest BCUT2D eigenvalue weighted by Gasteiger charge is 2.13. The molecule has 0 aliphatic heterocycles. The summed E-state index contributed by atoms with van der Waals surface area (Å²) in [7, 11) is 0. The maximum atomic E-state index is 4.23. The van der Waals surface area contributed by atoms with Gasteiger partial charge in [0.2, 0.25) is 0 Å². The monoisotopic (exact) mass is 259 g/mol. The first-order valence-corrected chi connectivity index (χ1v) is 6.90. The summed E-state index contributed by atoms with van der Waals surface area (Å²) in [5.74, 6) is 0.333. The quantitative estimate of drug-likeness (QED) is 0.652. The first-order valence-electron chi connectivity index (χ1n) is 6.90. The fourth-order valence-electron chi connectivity index (χ4n) is 2.57. The number of benzene rings is 2. The van der Waals surface area contributed by atoms with Crippen molar-refractivity contribution in [2.24, 2.45) is 0 Å². The average molecular weight is 259 g/mol. The van der Waals surface area contributed by atoms with Crippen molar-refractivity contribution in [3.05, 3.63) is 90.3 Å². The molecule has 0 saturated heterocycles. The molecule has 1 heteroatoms. The van der Waals surface area contributed by atoms with Crippen molar-refractivity contribution in [2.45, 2.75) is 12.8 Å². The summed E-state index contributed by atoms with van der Waals surface area (Å²) < 4.78 is 0. The number of hydrogen-bond donors (Lipinski definition) is 0. The zero-order chi connectivity index (χ0) is 13.8.